The Morgan fingerprint density at radius 1 is 1.64 bits per heavy atom. The molecular weight excluding hydrogens is 205 g/mol. The Balaban J connectivity index is 3.12. The molecule has 0 aliphatic heterocycles. The minimum Gasteiger partial charge on any atom is -0.276 e. The molecule has 1 heterocycles. The van der Waals surface area contributed by atoms with Gasteiger partial charge >= 0.3 is 0 Å². The fourth-order valence-electron chi connectivity index (χ4n) is 0.602. The van der Waals surface area contributed by atoms with Crippen LogP contribution in [0, 0.1) is 0 Å². The van der Waals surface area contributed by atoms with E-state index in [0.717, 1.165) is 11.0 Å². The van der Waals surface area contributed by atoms with Gasteiger partial charge in [0.05, 0.1) is 5.56 Å². The van der Waals surface area contributed by atoms with Gasteiger partial charge in [-0.2, -0.15) is 0 Å². The maximum atomic E-state index is 10.7. The highest BCUT2D eigenvalue weighted by Crippen LogP contribution is 2.24. The van der Waals surface area contributed by atoms with Crippen molar-refractivity contribution in [3.05, 3.63) is 23.9 Å². The summed E-state index contributed by atoms with van der Waals surface area (Å²) in [6.45, 7) is 0. The average molecular weight is 208 g/mol. The first-order chi connectivity index (χ1) is 5.25. The van der Waals surface area contributed by atoms with Crippen molar-refractivity contribution in [1.29, 1.82) is 0 Å². The molecule has 0 radical (unpaired) electrons. The fourth-order valence-corrected chi connectivity index (χ4v) is 1.52. The van der Waals surface area contributed by atoms with Gasteiger partial charge in [0, 0.05) is 17.2 Å². The van der Waals surface area contributed by atoms with Crippen LogP contribution in [-0.2, 0) is 0 Å². The van der Waals surface area contributed by atoms with Crippen LogP contribution >= 0.6 is 33.3 Å². The summed E-state index contributed by atoms with van der Waals surface area (Å²) in [7, 11) is 6.30. The molecule has 0 atom stereocenters. The molecule has 0 aliphatic rings. The number of pyridine rings is 1. The summed E-state index contributed by atoms with van der Waals surface area (Å²) in [5.41, 5.74) is 0.342. The molecule has 0 aliphatic carbocycles. The summed E-state index contributed by atoms with van der Waals surface area (Å²) >= 11 is 5.24. The number of hydrogen-bond acceptors (Lipinski definition) is 3. The maximum Gasteiger partial charge on any atom is 0.255 e. The van der Waals surface area contributed by atoms with Gasteiger partial charge in [-0.15, -0.1) is 0 Å². The van der Waals surface area contributed by atoms with Crippen LogP contribution < -0.4 is 0 Å². The molecule has 1 aromatic rings. The van der Waals surface area contributed by atoms with Crippen molar-refractivity contribution in [2.24, 2.45) is 0 Å². The van der Waals surface area contributed by atoms with Crippen molar-refractivity contribution in [3.8, 4) is 0 Å². The number of aromatic nitrogens is 1. The maximum absolute atomic E-state index is 10.7. The zero-order chi connectivity index (χ0) is 8.27. The van der Waals surface area contributed by atoms with E-state index in [9.17, 15) is 4.79 Å². The Kier molecular flexibility index (Phi) is 3.17. The molecule has 5 heteroatoms. The van der Waals surface area contributed by atoms with E-state index in [4.69, 9.17) is 22.3 Å². The van der Waals surface area contributed by atoms with Gasteiger partial charge in [-0.3, -0.25) is 4.79 Å². The van der Waals surface area contributed by atoms with Crippen LogP contribution in [0.1, 0.15) is 10.4 Å². The highest BCUT2D eigenvalue weighted by molar-refractivity contribution is 8.21. The van der Waals surface area contributed by atoms with Crippen molar-refractivity contribution in [2.75, 3.05) is 0 Å². The van der Waals surface area contributed by atoms with Crippen LogP contribution in [0.5, 0.6) is 0 Å². The van der Waals surface area contributed by atoms with E-state index < -0.39 is 5.24 Å². The van der Waals surface area contributed by atoms with E-state index in [1.54, 1.807) is 18.3 Å². The normalized spacial score (nSPS) is 9.64. The lowest BCUT2D eigenvalue weighted by atomic mass is 10.3. The molecule has 0 N–H and O–H groups in total. The molecule has 0 saturated carbocycles. The lowest BCUT2D eigenvalue weighted by Gasteiger charge is -1.96. The number of rotatable bonds is 2. The standard InChI is InChI=1S/C6H3Cl2NOS/c7-5(10)4-2-1-3-9-6(4)11-8/h1-3H. The third-order valence-corrected chi connectivity index (χ3v) is 2.17. The van der Waals surface area contributed by atoms with Gasteiger partial charge in [-0.1, -0.05) is 0 Å². The van der Waals surface area contributed by atoms with Crippen molar-refractivity contribution < 1.29 is 4.79 Å². The highest BCUT2D eigenvalue weighted by atomic mass is 35.7. The predicted molar refractivity (Wildman–Crippen MR) is 46.1 cm³/mol. The lowest BCUT2D eigenvalue weighted by molar-refractivity contribution is 0.107. The molecule has 0 unspecified atom stereocenters. The lowest BCUT2D eigenvalue weighted by Crippen LogP contribution is -1.92. The van der Waals surface area contributed by atoms with Crippen LogP contribution in [0.3, 0.4) is 0 Å². The Morgan fingerprint density at radius 2 is 2.36 bits per heavy atom. The summed E-state index contributed by atoms with van der Waals surface area (Å²) in [5, 5.41) is -0.101. The van der Waals surface area contributed by atoms with Gasteiger partial charge in [-0.25, -0.2) is 4.98 Å². The van der Waals surface area contributed by atoms with Crippen LogP contribution in [-0.4, -0.2) is 10.2 Å². The molecule has 2 nitrogen and oxygen atoms in total. The van der Waals surface area contributed by atoms with E-state index in [0.29, 0.717) is 10.6 Å². The van der Waals surface area contributed by atoms with Crippen molar-refractivity contribution >= 4 is 38.5 Å². The topological polar surface area (TPSA) is 30.0 Å². The molecule has 0 spiro atoms. The van der Waals surface area contributed by atoms with Gasteiger partial charge in [0.1, 0.15) is 5.03 Å². The van der Waals surface area contributed by atoms with Gasteiger partial charge in [0.15, 0.2) is 0 Å². The van der Waals surface area contributed by atoms with Crippen LogP contribution in [0.15, 0.2) is 23.4 Å². The Bertz CT molecular complexity index is 279. The average Bonchev–Trinajstić information content (AvgIpc) is 2.04. The Morgan fingerprint density at radius 3 is 2.82 bits per heavy atom. The molecule has 1 aromatic heterocycles. The zero-order valence-electron chi connectivity index (χ0n) is 5.25. The smallest absolute Gasteiger partial charge is 0.255 e. The largest absolute Gasteiger partial charge is 0.276 e. The number of halogens is 2. The number of nitrogens with zero attached hydrogens (tertiary/aromatic N) is 1. The second-order valence-corrected chi connectivity index (χ2v) is 3.05. The molecule has 1 rings (SSSR count). The summed E-state index contributed by atoms with van der Waals surface area (Å²) in [4.78, 5) is 14.5. The van der Waals surface area contributed by atoms with Crippen molar-refractivity contribution in [1.82, 2.24) is 4.98 Å². The van der Waals surface area contributed by atoms with Crippen LogP contribution in [0.4, 0.5) is 0 Å². The first-order valence-electron chi connectivity index (χ1n) is 2.69. The zero-order valence-corrected chi connectivity index (χ0v) is 7.58. The van der Waals surface area contributed by atoms with E-state index in [-0.39, 0.29) is 0 Å². The molecule has 0 aromatic carbocycles. The molecule has 58 valence electrons. The van der Waals surface area contributed by atoms with Gasteiger partial charge in [-0.05, 0) is 34.4 Å². The summed E-state index contributed by atoms with van der Waals surface area (Å²) in [6, 6.07) is 3.21. The minimum absolute atomic E-state index is 0.342. The van der Waals surface area contributed by atoms with E-state index in [2.05, 4.69) is 4.98 Å². The molecule has 0 amide bonds. The van der Waals surface area contributed by atoms with E-state index in [1.807, 2.05) is 0 Å². The van der Waals surface area contributed by atoms with Gasteiger partial charge in [0.25, 0.3) is 5.24 Å². The van der Waals surface area contributed by atoms with Gasteiger partial charge < -0.3 is 0 Å². The molecule has 0 saturated heterocycles. The van der Waals surface area contributed by atoms with E-state index in [1.165, 1.54) is 0 Å². The SMILES string of the molecule is O=C(Cl)c1cccnc1SCl. The number of hydrogen-bond donors (Lipinski definition) is 0. The third kappa shape index (κ3) is 2.09. The van der Waals surface area contributed by atoms with Crippen LogP contribution in [0.25, 0.3) is 0 Å². The fraction of sp³-hybridized carbons (Fsp3) is 0. The highest BCUT2D eigenvalue weighted by Gasteiger charge is 2.08. The Labute approximate surface area is 77.4 Å². The molecule has 11 heavy (non-hydrogen) atoms. The van der Waals surface area contributed by atoms with Crippen molar-refractivity contribution in [2.45, 2.75) is 5.03 Å². The second-order valence-electron chi connectivity index (χ2n) is 1.71. The third-order valence-electron chi connectivity index (χ3n) is 1.06. The van der Waals surface area contributed by atoms with Crippen LogP contribution in [0.2, 0.25) is 0 Å². The summed E-state index contributed by atoms with van der Waals surface area (Å²) in [6.07, 6.45) is 1.55. The molecule has 0 fully saturated rings. The quantitative estimate of drug-likeness (QED) is 0.700. The summed E-state index contributed by atoms with van der Waals surface area (Å²) < 4.78 is 0. The minimum atomic E-state index is -0.541. The first-order valence-corrected chi connectivity index (χ1v) is 4.71. The second kappa shape index (κ2) is 3.95. The summed E-state index contributed by atoms with van der Waals surface area (Å²) in [5.74, 6) is 0. The monoisotopic (exact) mass is 207 g/mol. The Hall–Kier alpha value is -0.250. The number of carbonyl (C=O) groups excluding carboxylic acids is 1. The van der Waals surface area contributed by atoms with Crippen molar-refractivity contribution in [3.63, 3.8) is 0 Å². The first kappa shape index (κ1) is 8.84. The number of carbonyl (C=O) groups is 1. The van der Waals surface area contributed by atoms with Gasteiger partial charge in [0.2, 0.25) is 0 Å². The predicted octanol–water partition coefficient (Wildman–Crippen LogP) is 2.71. The molecular formula is C6H3Cl2NOS. The van der Waals surface area contributed by atoms with E-state index >= 15 is 0 Å². The molecule has 0 bridgehead atoms.